The molecule has 3 heteroatoms. The molecule has 0 spiro atoms. The zero-order valence-electron chi connectivity index (χ0n) is 7.05. The first-order valence-corrected chi connectivity index (χ1v) is 4.29. The molecule has 1 rings (SSSR count). The molecule has 0 aliphatic carbocycles. The summed E-state index contributed by atoms with van der Waals surface area (Å²) < 4.78 is 0. The molecule has 1 heterocycles. The van der Waals surface area contributed by atoms with Crippen molar-refractivity contribution < 1.29 is 4.79 Å². The Morgan fingerprint density at radius 2 is 2.45 bits per heavy atom. The summed E-state index contributed by atoms with van der Waals surface area (Å²) >= 11 is 0. The number of nitrogens with two attached hydrogens (primary N) is 1. The van der Waals surface area contributed by atoms with Crippen LogP contribution in [-0.2, 0) is 4.79 Å². The molecule has 0 aromatic carbocycles. The number of carbonyl (C=O) groups is 1. The van der Waals surface area contributed by atoms with E-state index in [-0.39, 0.29) is 11.9 Å². The zero-order chi connectivity index (χ0) is 8.27. The van der Waals surface area contributed by atoms with Crippen molar-refractivity contribution in [3.63, 3.8) is 0 Å². The largest absolute Gasteiger partial charge is 0.368 e. The molecule has 64 valence electrons. The first-order chi connectivity index (χ1) is 5.25. The molecular formula is C8H16N2O. The molecule has 1 saturated heterocycles. The maximum absolute atomic E-state index is 10.7. The third kappa shape index (κ3) is 1.93. The number of hydrogen-bond acceptors (Lipinski definition) is 2. The van der Waals surface area contributed by atoms with Crippen LogP contribution in [0.2, 0.25) is 0 Å². The van der Waals surface area contributed by atoms with Gasteiger partial charge in [-0.15, -0.1) is 0 Å². The van der Waals surface area contributed by atoms with Crippen LogP contribution in [0.1, 0.15) is 26.2 Å². The number of rotatable bonds is 4. The van der Waals surface area contributed by atoms with E-state index in [2.05, 4.69) is 11.8 Å². The van der Waals surface area contributed by atoms with E-state index in [0.29, 0.717) is 0 Å². The van der Waals surface area contributed by atoms with E-state index in [1.165, 1.54) is 12.8 Å². The molecule has 1 atom stereocenters. The molecule has 1 aliphatic rings. The molecule has 2 N–H and O–H groups in total. The molecule has 0 unspecified atom stereocenters. The van der Waals surface area contributed by atoms with E-state index >= 15 is 0 Å². The Bertz CT molecular complexity index is 147. The molecule has 0 saturated carbocycles. The van der Waals surface area contributed by atoms with E-state index in [0.717, 1.165) is 19.5 Å². The Hall–Kier alpha value is -0.570. The third-order valence-corrected chi connectivity index (χ3v) is 2.26. The highest BCUT2D eigenvalue weighted by molar-refractivity contribution is 5.80. The average molecular weight is 156 g/mol. The fourth-order valence-electron chi connectivity index (χ4n) is 1.39. The molecular weight excluding hydrogens is 140 g/mol. The van der Waals surface area contributed by atoms with Crippen molar-refractivity contribution in [1.29, 1.82) is 0 Å². The van der Waals surface area contributed by atoms with Crippen molar-refractivity contribution in [2.75, 3.05) is 13.1 Å². The van der Waals surface area contributed by atoms with Gasteiger partial charge in [-0.1, -0.05) is 13.3 Å². The van der Waals surface area contributed by atoms with Gasteiger partial charge in [-0.3, -0.25) is 9.69 Å². The standard InChI is InChI=1S/C8H16N2O/c1-2-3-5-10-6-4-7(10)8(9)11/h7H,2-6H2,1H3,(H2,9,11)/t7-/m0/s1. The minimum Gasteiger partial charge on any atom is -0.368 e. The van der Waals surface area contributed by atoms with Gasteiger partial charge in [-0.25, -0.2) is 0 Å². The summed E-state index contributed by atoms with van der Waals surface area (Å²) in [5.41, 5.74) is 5.18. The Labute approximate surface area is 67.5 Å². The van der Waals surface area contributed by atoms with Crippen molar-refractivity contribution in [1.82, 2.24) is 4.90 Å². The molecule has 11 heavy (non-hydrogen) atoms. The summed E-state index contributed by atoms with van der Waals surface area (Å²) in [5, 5.41) is 0. The van der Waals surface area contributed by atoms with Crippen LogP contribution in [0.25, 0.3) is 0 Å². The number of likely N-dealkylation sites (tertiary alicyclic amines) is 1. The highest BCUT2D eigenvalue weighted by Gasteiger charge is 2.31. The van der Waals surface area contributed by atoms with E-state index in [1.54, 1.807) is 0 Å². The number of carbonyl (C=O) groups excluding carboxylic acids is 1. The minimum absolute atomic E-state index is 0.0431. The lowest BCUT2D eigenvalue weighted by molar-refractivity contribution is -0.127. The monoisotopic (exact) mass is 156 g/mol. The highest BCUT2D eigenvalue weighted by atomic mass is 16.1. The Morgan fingerprint density at radius 1 is 1.73 bits per heavy atom. The second-order valence-corrected chi connectivity index (χ2v) is 3.10. The van der Waals surface area contributed by atoms with Gasteiger partial charge >= 0.3 is 0 Å². The zero-order valence-corrected chi connectivity index (χ0v) is 7.05. The number of unbranched alkanes of at least 4 members (excludes halogenated alkanes) is 1. The fourth-order valence-corrected chi connectivity index (χ4v) is 1.39. The second-order valence-electron chi connectivity index (χ2n) is 3.10. The van der Waals surface area contributed by atoms with Crippen molar-refractivity contribution in [3.05, 3.63) is 0 Å². The molecule has 0 aromatic heterocycles. The lowest BCUT2D eigenvalue weighted by Crippen LogP contribution is -2.54. The summed E-state index contributed by atoms with van der Waals surface area (Å²) in [7, 11) is 0. The van der Waals surface area contributed by atoms with Gasteiger partial charge in [0.25, 0.3) is 0 Å². The first kappa shape index (κ1) is 8.53. The molecule has 0 radical (unpaired) electrons. The van der Waals surface area contributed by atoms with E-state index in [4.69, 9.17) is 5.73 Å². The van der Waals surface area contributed by atoms with Gasteiger partial charge in [-0.05, 0) is 19.4 Å². The summed E-state index contributed by atoms with van der Waals surface area (Å²) in [6.45, 7) is 4.23. The normalized spacial score (nSPS) is 24.6. The van der Waals surface area contributed by atoms with Crippen molar-refractivity contribution in [3.8, 4) is 0 Å². The Balaban J connectivity index is 2.20. The Kier molecular flexibility index (Phi) is 2.88. The molecule has 3 nitrogen and oxygen atoms in total. The number of nitrogens with zero attached hydrogens (tertiary/aromatic N) is 1. The number of primary amides is 1. The smallest absolute Gasteiger partial charge is 0.234 e. The second kappa shape index (κ2) is 3.72. The molecule has 1 aliphatic heterocycles. The summed E-state index contributed by atoms with van der Waals surface area (Å²) in [6, 6.07) is 0.0431. The number of amides is 1. The lowest BCUT2D eigenvalue weighted by atomic mass is 10.0. The van der Waals surface area contributed by atoms with Crippen molar-refractivity contribution in [2.45, 2.75) is 32.2 Å². The van der Waals surface area contributed by atoms with Gasteiger partial charge in [0.1, 0.15) is 0 Å². The van der Waals surface area contributed by atoms with Gasteiger partial charge in [-0.2, -0.15) is 0 Å². The summed E-state index contributed by atoms with van der Waals surface area (Å²) in [6.07, 6.45) is 3.31. The quantitative estimate of drug-likeness (QED) is 0.638. The predicted molar refractivity (Wildman–Crippen MR) is 44.1 cm³/mol. The number of hydrogen-bond donors (Lipinski definition) is 1. The minimum atomic E-state index is -0.160. The van der Waals surface area contributed by atoms with Gasteiger partial charge < -0.3 is 5.73 Å². The van der Waals surface area contributed by atoms with Crippen molar-refractivity contribution >= 4 is 5.91 Å². The van der Waals surface area contributed by atoms with Crippen LogP contribution in [0.15, 0.2) is 0 Å². The van der Waals surface area contributed by atoms with E-state index < -0.39 is 0 Å². The van der Waals surface area contributed by atoms with E-state index in [9.17, 15) is 4.79 Å². The molecule has 0 bridgehead atoms. The Morgan fingerprint density at radius 3 is 2.82 bits per heavy atom. The maximum atomic E-state index is 10.7. The topological polar surface area (TPSA) is 46.3 Å². The van der Waals surface area contributed by atoms with Crippen LogP contribution in [-0.4, -0.2) is 29.9 Å². The van der Waals surface area contributed by atoms with Crippen LogP contribution in [0, 0.1) is 0 Å². The van der Waals surface area contributed by atoms with E-state index in [1.807, 2.05) is 0 Å². The molecule has 1 amide bonds. The SMILES string of the molecule is CCCCN1CC[C@H]1C(N)=O. The van der Waals surface area contributed by atoms with Crippen LogP contribution in [0.3, 0.4) is 0 Å². The fraction of sp³-hybridized carbons (Fsp3) is 0.875. The molecule has 1 fully saturated rings. The van der Waals surface area contributed by atoms with Gasteiger partial charge in [0.05, 0.1) is 6.04 Å². The summed E-state index contributed by atoms with van der Waals surface area (Å²) in [4.78, 5) is 12.9. The van der Waals surface area contributed by atoms with Gasteiger partial charge in [0.15, 0.2) is 0 Å². The highest BCUT2D eigenvalue weighted by Crippen LogP contribution is 2.16. The lowest BCUT2D eigenvalue weighted by Gasteiger charge is -2.38. The van der Waals surface area contributed by atoms with Crippen LogP contribution < -0.4 is 5.73 Å². The van der Waals surface area contributed by atoms with Crippen LogP contribution >= 0.6 is 0 Å². The third-order valence-electron chi connectivity index (χ3n) is 2.26. The average Bonchev–Trinajstić information content (AvgIpc) is 1.84. The van der Waals surface area contributed by atoms with Crippen molar-refractivity contribution in [2.24, 2.45) is 5.73 Å². The van der Waals surface area contributed by atoms with Crippen LogP contribution in [0.4, 0.5) is 0 Å². The van der Waals surface area contributed by atoms with Crippen LogP contribution in [0.5, 0.6) is 0 Å². The first-order valence-electron chi connectivity index (χ1n) is 4.29. The maximum Gasteiger partial charge on any atom is 0.234 e. The summed E-state index contributed by atoms with van der Waals surface area (Å²) in [5.74, 6) is -0.160. The molecule has 0 aromatic rings. The van der Waals surface area contributed by atoms with Gasteiger partial charge in [0.2, 0.25) is 5.91 Å². The predicted octanol–water partition coefficient (Wildman–Crippen LogP) is 0.346. The van der Waals surface area contributed by atoms with Gasteiger partial charge in [0, 0.05) is 6.54 Å².